The van der Waals surface area contributed by atoms with Crippen LogP contribution in [-0.4, -0.2) is 32.9 Å². The van der Waals surface area contributed by atoms with E-state index in [-0.39, 0.29) is 5.91 Å². The number of amides is 1. The number of carbonyl (C=O) groups is 1. The molecule has 6 heteroatoms. The van der Waals surface area contributed by atoms with E-state index < -0.39 is 0 Å². The summed E-state index contributed by atoms with van der Waals surface area (Å²) in [5.41, 5.74) is 3.97. The summed E-state index contributed by atoms with van der Waals surface area (Å²) in [5, 5.41) is 0. The van der Waals surface area contributed by atoms with Crippen LogP contribution in [0.5, 0.6) is 5.75 Å². The van der Waals surface area contributed by atoms with E-state index in [1.54, 1.807) is 12.0 Å². The zero-order valence-corrected chi connectivity index (χ0v) is 19.1. The predicted octanol–water partition coefficient (Wildman–Crippen LogP) is 5.36. The number of carbonyl (C=O) groups excluding carboxylic acids is 1. The van der Waals surface area contributed by atoms with Crippen LogP contribution in [0.3, 0.4) is 0 Å². The molecule has 0 spiro atoms. The fraction of sp³-hybridized carbons (Fsp3) is 0.120. The normalized spacial score (nSPS) is 14.7. The zero-order chi connectivity index (χ0) is 22.0. The molecule has 3 aromatic carbocycles. The van der Waals surface area contributed by atoms with Crippen molar-refractivity contribution < 1.29 is 9.53 Å². The first-order chi connectivity index (χ1) is 15.0. The van der Waals surface area contributed by atoms with Crippen LogP contribution in [0.25, 0.3) is 6.08 Å². The summed E-state index contributed by atoms with van der Waals surface area (Å²) < 4.78 is 6.13. The van der Waals surface area contributed by atoms with Crippen molar-refractivity contribution in [1.82, 2.24) is 0 Å². The number of rotatable bonds is 5. The summed E-state index contributed by atoms with van der Waals surface area (Å²) in [5.74, 6) is 1.14. The summed E-state index contributed by atoms with van der Waals surface area (Å²) in [6, 6.07) is 23.2. The van der Waals surface area contributed by atoms with E-state index in [9.17, 15) is 4.79 Å². The topological polar surface area (TPSA) is 45.1 Å². The second kappa shape index (κ2) is 8.78. The summed E-state index contributed by atoms with van der Waals surface area (Å²) >= 11 is 3.59. The van der Waals surface area contributed by atoms with Crippen molar-refractivity contribution in [3.05, 3.63) is 94.1 Å². The number of amidine groups is 1. The van der Waals surface area contributed by atoms with Gasteiger partial charge in [0.1, 0.15) is 17.3 Å². The lowest BCUT2D eigenvalue weighted by atomic mass is 10.1. The molecule has 31 heavy (non-hydrogen) atoms. The Morgan fingerprint density at radius 1 is 0.968 bits per heavy atom. The van der Waals surface area contributed by atoms with Crippen molar-refractivity contribution in [2.24, 2.45) is 4.99 Å². The molecule has 0 unspecified atom stereocenters. The van der Waals surface area contributed by atoms with Gasteiger partial charge in [-0.2, -0.15) is 0 Å². The Labute approximate surface area is 190 Å². The number of anilines is 2. The van der Waals surface area contributed by atoms with Gasteiger partial charge in [-0.25, -0.2) is 4.99 Å². The smallest absolute Gasteiger partial charge is 0.282 e. The number of nitrogens with zero attached hydrogens (tertiary/aromatic N) is 3. The quantitative estimate of drug-likeness (QED) is 0.466. The third-order valence-corrected chi connectivity index (χ3v) is 5.71. The lowest BCUT2D eigenvalue weighted by Gasteiger charge is -2.19. The minimum atomic E-state index is -0.174. The number of ether oxygens (including phenoxy) is 1. The summed E-state index contributed by atoms with van der Waals surface area (Å²) in [7, 11) is 5.61. The molecular formula is C25H22BrN3O2. The number of hydrogen-bond acceptors (Lipinski definition) is 4. The van der Waals surface area contributed by atoms with E-state index in [1.165, 1.54) is 0 Å². The molecule has 5 nitrogen and oxygen atoms in total. The fourth-order valence-corrected chi connectivity index (χ4v) is 3.80. The number of aliphatic imine (C=N–C) groups is 1. The zero-order valence-electron chi connectivity index (χ0n) is 17.5. The highest BCUT2D eigenvalue weighted by atomic mass is 79.9. The lowest BCUT2D eigenvalue weighted by molar-refractivity contribution is -0.113. The van der Waals surface area contributed by atoms with Crippen LogP contribution in [0, 0.1) is 0 Å². The Kier molecular flexibility index (Phi) is 5.91. The molecule has 0 bridgehead atoms. The van der Waals surface area contributed by atoms with Crippen molar-refractivity contribution >= 4 is 45.1 Å². The van der Waals surface area contributed by atoms with Crippen LogP contribution in [-0.2, 0) is 4.79 Å². The summed E-state index contributed by atoms with van der Waals surface area (Å²) in [6.45, 7) is 0. The molecule has 4 rings (SSSR count). The SMILES string of the molecule is COc1ccc(N2C(=O)/C(=C\c3ccc(N(C)C)cc3)N=C2c2ccccc2Br)cc1. The molecule has 3 aromatic rings. The molecule has 0 atom stereocenters. The first kappa shape index (κ1) is 20.9. The fourth-order valence-electron chi connectivity index (χ4n) is 3.34. The number of methoxy groups -OCH3 is 1. The maximum atomic E-state index is 13.4. The van der Waals surface area contributed by atoms with Crippen molar-refractivity contribution in [3.8, 4) is 5.75 Å². The summed E-state index contributed by atoms with van der Waals surface area (Å²) in [6.07, 6.45) is 1.82. The van der Waals surface area contributed by atoms with Crippen LogP contribution in [0.4, 0.5) is 11.4 Å². The Hall–Kier alpha value is -3.38. The van der Waals surface area contributed by atoms with Crippen LogP contribution in [0.1, 0.15) is 11.1 Å². The highest BCUT2D eigenvalue weighted by molar-refractivity contribution is 9.10. The van der Waals surface area contributed by atoms with Gasteiger partial charge < -0.3 is 9.64 Å². The molecule has 0 aromatic heterocycles. The van der Waals surface area contributed by atoms with Crippen LogP contribution >= 0.6 is 15.9 Å². The van der Waals surface area contributed by atoms with Gasteiger partial charge in [-0.1, -0.05) is 46.3 Å². The van der Waals surface area contributed by atoms with Gasteiger partial charge in [0.05, 0.1) is 12.8 Å². The average Bonchev–Trinajstić information content (AvgIpc) is 3.10. The molecule has 156 valence electrons. The highest BCUT2D eigenvalue weighted by Crippen LogP contribution is 2.31. The van der Waals surface area contributed by atoms with E-state index in [0.717, 1.165) is 32.7 Å². The minimum absolute atomic E-state index is 0.174. The van der Waals surface area contributed by atoms with Crippen molar-refractivity contribution in [2.45, 2.75) is 0 Å². The van der Waals surface area contributed by atoms with Gasteiger partial charge in [-0.15, -0.1) is 0 Å². The molecule has 0 saturated heterocycles. The molecule has 0 radical (unpaired) electrons. The van der Waals surface area contributed by atoms with E-state index in [0.29, 0.717) is 11.5 Å². The second-order valence-electron chi connectivity index (χ2n) is 7.27. The van der Waals surface area contributed by atoms with Gasteiger partial charge in [0.2, 0.25) is 0 Å². The van der Waals surface area contributed by atoms with E-state index >= 15 is 0 Å². The Morgan fingerprint density at radius 2 is 1.65 bits per heavy atom. The predicted molar refractivity (Wildman–Crippen MR) is 130 cm³/mol. The van der Waals surface area contributed by atoms with Crippen molar-refractivity contribution in [3.63, 3.8) is 0 Å². The minimum Gasteiger partial charge on any atom is -0.497 e. The van der Waals surface area contributed by atoms with Gasteiger partial charge >= 0.3 is 0 Å². The molecule has 0 saturated carbocycles. The Bertz CT molecular complexity index is 1170. The van der Waals surface area contributed by atoms with Crippen molar-refractivity contribution in [2.75, 3.05) is 31.0 Å². The van der Waals surface area contributed by atoms with Crippen LogP contribution in [0.15, 0.2) is 88.0 Å². The number of hydrogen-bond donors (Lipinski definition) is 0. The number of benzene rings is 3. The lowest BCUT2D eigenvalue weighted by Crippen LogP contribution is -2.32. The second-order valence-corrected chi connectivity index (χ2v) is 8.12. The maximum Gasteiger partial charge on any atom is 0.282 e. The van der Waals surface area contributed by atoms with Gasteiger partial charge in [-0.3, -0.25) is 9.69 Å². The molecule has 1 heterocycles. The molecule has 1 aliphatic rings. The third kappa shape index (κ3) is 4.25. The first-order valence-electron chi connectivity index (χ1n) is 9.79. The third-order valence-electron chi connectivity index (χ3n) is 5.02. The standard InChI is InChI=1S/C25H22BrN3O2/c1-28(2)18-10-8-17(9-11-18)16-23-25(30)29(19-12-14-20(31-3)15-13-19)24(27-23)21-6-4-5-7-22(21)26/h4-16H,1-3H3/b23-16+. The first-order valence-corrected chi connectivity index (χ1v) is 10.6. The molecule has 1 aliphatic heterocycles. The molecule has 0 N–H and O–H groups in total. The van der Waals surface area contributed by atoms with Gasteiger partial charge in [0, 0.05) is 29.8 Å². The largest absolute Gasteiger partial charge is 0.497 e. The molecule has 0 fully saturated rings. The maximum absolute atomic E-state index is 13.4. The van der Waals surface area contributed by atoms with Crippen molar-refractivity contribution in [1.29, 1.82) is 0 Å². The summed E-state index contributed by atoms with van der Waals surface area (Å²) in [4.78, 5) is 21.8. The number of halogens is 1. The van der Waals surface area contributed by atoms with Crippen LogP contribution < -0.4 is 14.5 Å². The monoisotopic (exact) mass is 475 g/mol. The Morgan fingerprint density at radius 3 is 2.26 bits per heavy atom. The highest BCUT2D eigenvalue weighted by Gasteiger charge is 2.33. The van der Waals surface area contributed by atoms with E-state index in [1.807, 2.05) is 97.9 Å². The van der Waals surface area contributed by atoms with E-state index in [2.05, 4.69) is 15.9 Å². The molecular weight excluding hydrogens is 454 g/mol. The van der Waals surface area contributed by atoms with Gasteiger partial charge in [-0.05, 0) is 54.1 Å². The van der Waals surface area contributed by atoms with E-state index in [4.69, 9.17) is 9.73 Å². The van der Waals surface area contributed by atoms with Gasteiger partial charge in [0.15, 0.2) is 0 Å². The average molecular weight is 476 g/mol. The Balaban J connectivity index is 1.78. The van der Waals surface area contributed by atoms with Gasteiger partial charge in [0.25, 0.3) is 5.91 Å². The molecule has 1 amide bonds. The van der Waals surface area contributed by atoms with Crippen LogP contribution in [0.2, 0.25) is 0 Å². The molecule has 0 aliphatic carbocycles.